The number of carbonyl (C=O) groups excluding carboxylic acids is 2. The first-order valence-electron chi connectivity index (χ1n) is 11.1. The molecule has 35 heavy (non-hydrogen) atoms. The van der Waals surface area contributed by atoms with Crippen LogP contribution in [-0.4, -0.2) is 20.1 Å². The van der Waals surface area contributed by atoms with Crippen LogP contribution in [0.4, 0.5) is 5.69 Å². The van der Waals surface area contributed by atoms with Crippen LogP contribution in [0.25, 0.3) is 0 Å². The quantitative estimate of drug-likeness (QED) is 0.674. The second-order valence-electron chi connectivity index (χ2n) is 9.57. The first kappa shape index (κ1) is 24.4. The van der Waals surface area contributed by atoms with Crippen LogP contribution in [0.3, 0.4) is 0 Å². The molecule has 1 aliphatic heterocycles. The van der Waals surface area contributed by atoms with Crippen LogP contribution in [0, 0.1) is 16.7 Å². The summed E-state index contributed by atoms with van der Waals surface area (Å²) < 4.78 is 23.6. The van der Waals surface area contributed by atoms with E-state index in [-0.39, 0.29) is 33.4 Å². The Hall–Kier alpha value is -3.74. The van der Waals surface area contributed by atoms with E-state index in [1.54, 1.807) is 17.0 Å². The zero-order valence-corrected chi connectivity index (χ0v) is 20.5. The molecule has 0 spiro atoms. The maximum absolute atomic E-state index is 13.6. The molecule has 180 valence electrons. The van der Waals surface area contributed by atoms with E-state index in [4.69, 9.17) is 5.14 Å². The summed E-state index contributed by atoms with van der Waals surface area (Å²) in [5.41, 5.74) is 2.33. The summed E-state index contributed by atoms with van der Waals surface area (Å²) in [4.78, 5) is 27.5. The molecule has 0 bridgehead atoms. The average Bonchev–Trinajstić information content (AvgIpc) is 2.77. The van der Waals surface area contributed by atoms with Crippen LogP contribution in [0.1, 0.15) is 45.1 Å². The van der Waals surface area contributed by atoms with Crippen LogP contribution in [-0.2, 0) is 19.6 Å². The molecule has 2 aliphatic rings. The average molecular weight is 491 g/mol. The fourth-order valence-electron chi connectivity index (χ4n) is 4.82. The predicted molar refractivity (Wildman–Crippen MR) is 131 cm³/mol. The lowest BCUT2D eigenvalue weighted by Gasteiger charge is -2.44. The molecule has 0 radical (unpaired) electrons. The monoisotopic (exact) mass is 490 g/mol. The molecule has 9 heteroatoms. The van der Waals surface area contributed by atoms with Gasteiger partial charge >= 0.3 is 0 Å². The molecule has 4 rings (SSSR count). The summed E-state index contributed by atoms with van der Waals surface area (Å²) >= 11 is 0. The molecule has 1 amide bonds. The molecule has 0 fully saturated rings. The van der Waals surface area contributed by atoms with Crippen molar-refractivity contribution in [3.63, 3.8) is 0 Å². The Morgan fingerprint density at radius 3 is 2.29 bits per heavy atom. The van der Waals surface area contributed by atoms with Crippen molar-refractivity contribution < 1.29 is 18.0 Å². The molecule has 2 aromatic rings. The maximum Gasteiger partial charge on any atom is 0.238 e. The number of nitrogens with two attached hydrogens (primary N) is 1. The summed E-state index contributed by atoms with van der Waals surface area (Å²) in [7, 11) is -3.91. The van der Waals surface area contributed by atoms with Crippen molar-refractivity contribution >= 4 is 27.4 Å². The summed E-state index contributed by atoms with van der Waals surface area (Å²) in [6, 6.07) is 17.3. The minimum Gasteiger partial charge on any atom is -0.311 e. The van der Waals surface area contributed by atoms with Crippen LogP contribution < -0.4 is 15.4 Å². The van der Waals surface area contributed by atoms with Crippen LogP contribution in [0.5, 0.6) is 0 Å². The molecule has 0 saturated heterocycles. The molecule has 1 unspecified atom stereocenters. The summed E-state index contributed by atoms with van der Waals surface area (Å²) in [6.45, 7) is 5.34. The number of Topliss-reactive ketones (excluding diaryl/α,β-unsaturated/α-hetero) is 1. The van der Waals surface area contributed by atoms with Gasteiger partial charge in [-0.05, 0) is 41.7 Å². The van der Waals surface area contributed by atoms with Crippen molar-refractivity contribution in [3.8, 4) is 6.07 Å². The number of allylic oxidation sites excluding steroid dienone is 3. The van der Waals surface area contributed by atoms with Crippen molar-refractivity contribution in [1.82, 2.24) is 5.32 Å². The fraction of sp³-hybridized carbons (Fsp3) is 0.269. The number of nitrogens with zero attached hydrogens (tertiary/aromatic N) is 2. The van der Waals surface area contributed by atoms with Gasteiger partial charge in [-0.25, -0.2) is 13.6 Å². The SMILES string of the molecule is CC(=O)NC1=C(C#N)C(c2ccccc2)C2=C(CC(C)(C)CC2=O)N1c1ccc(S(N)(=O)=O)cc1. The van der Waals surface area contributed by atoms with E-state index in [1.165, 1.54) is 19.1 Å². The number of benzene rings is 2. The van der Waals surface area contributed by atoms with E-state index in [0.717, 1.165) is 5.56 Å². The van der Waals surface area contributed by atoms with Gasteiger partial charge in [0.1, 0.15) is 5.82 Å². The summed E-state index contributed by atoms with van der Waals surface area (Å²) in [6.07, 6.45) is 0.831. The number of sulfonamides is 1. The fourth-order valence-corrected chi connectivity index (χ4v) is 5.34. The standard InChI is InChI=1S/C26H26N4O4S/c1-16(31)29-25-20(15-27)23(17-7-5-4-6-8-17)24-21(13-26(2,3)14-22(24)32)30(25)18-9-11-19(12-10-18)35(28,33)34/h4-12,23H,13-14H2,1-3H3,(H,29,31)(H2,28,33,34). The Morgan fingerprint density at radius 1 is 1.11 bits per heavy atom. The van der Waals surface area contributed by atoms with E-state index in [0.29, 0.717) is 29.8 Å². The maximum atomic E-state index is 13.6. The van der Waals surface area contributed by atoms with Gasteiger partial charge in [0, 0.05) is 30.3 Å². The topological polar surface area (TPSA) is 133 Å². The van der Waals surface area contributed by atoms with Gasteiger partial charge < -0.3 is 5.32 Å². The van der Waals surface area contributed by atoms with Gasteiger partial charge in [-0.3, -0.25) is 14.5 Å². The van der Waals surface area contributed by atoms with E-state index in [9.17, 15) is 23.3 Å². The molecule has 2 aromatic carbocycles. The van der Waals surface area contributed by atoms with Crippen molar-refractivity contribution in [2.24, 2.45) is 10.6 Å². The first-order valence-corrected chi connectivity index (χ1v) is 12.6. The Morgan fingerprint density at radius 2 is 1.74 bits per heavy atom. The molecular weight excluding hydrogens is 464 g/mol. The van der Waals surface area contributed by atoms with E-state index in [1.807, 2.05) is 44.2 Å². The predicted octanol–water partition coefficient (Wildman–Crippen LogP) is 3.45. The molecular formula is C26H26N4O4S. The highest BCUT2D eigenvalue weighted by atomic mass is 32.2. The van der Waals surface area contributed by atoms with Gasteiger partial charge in [0.15, 0.2) is 5.78 Å². The zero-order chi connectivity index (χ0) is 25.5. The van der Waals surface area contributed by atoms with Gasteiger partial charge in [-0.2, -0.15) is 5.26 Å². The molecule has 1 heterocycles. The number of nitriles is 1. The Labute approximate surface area is 204 Å². The van der Waals surface area contributed by atoms with Crippen LogP contribution in [0.15, 0.2) is 82.2 Å². The second kappa shape index (κ2) is 8.80. The third-order valence-electron chi connectivity index (χ3n) is 6.19. The lowest BCUT2D eigenvalue weighted by Crippen LogP contribution is -2.44. The lowest BCUT2D eigenvalue weighted by atomic mass is 9.68. The third kappa shape index (κ3) is 4.63. The van der Waals surface area contributed by atoms with Crippen LogP contribution in [0.2, 0.25) is 0 Å². The van der Waals surface area contributed by atoms with Gasteiger partial charge in [0.25, 0.3) is 0 Å². The van der Waals surface area contributed by atoms with Crippen molar-refractivity contribution in [2.75, 3.05) is 4.90 Å². The van der Waals surface area contributed by atoms with E-state index < -0.39 is 15.9 Å². The summed E-state index contributed by atoms with van der Waals surface area (Å²) in [5.74, 6) is -0.829. The normalized spacial score (nSPS) is 19.8. The summed E-state index contributed by atoms with van der Waals surface area (Å²) in [5, 5.41) is 18.4. The zero-order valence-electron chi connectivity index (χ0n) is 19.7. The largest absolute Gasteiger partial charge is 0.311 e. The number of hydrogen-bond donors (Lipinski definition) is 2. The number of hydrogen-bond acceptors (Lipinski definition) is 6. The third-order valence-corrected chi connectivity index (χ3v) is 7.12. The highest BCUT2D eigenvalue weighted by Gasteiger charge is 2.45. The van der Waals surface area contributed by atoms with Crippen molar-refractivity contribution in [1.29, 1.82) is 5.26 Å². The van der Waals surface area contributed by atoms with Gasteiger partial charge in [0.05, 0.1) is 22.5 Å². The number of anilines is 1. The van der Waals surface area contributed by atoms with Crippen LogP contribution >= 0.6 is 0 Å². The highest BCUT2D eigenvalue weighted by molar-refractivity contribution is 7.89. The number of nitrogens with one attached hydrogen (secondary N) is 1. The minimum atomic E-state index is -3.91. The van der Waals surface area contributed by atoms with E-state index >= 15 is 0 Å². The highest BCUT2D eigenvalue weighted by Crippen LogP contribution is 2.50. The number of primary sulfonamides is 1. The molecule has 3 N–H and O–H groups in total. The number of rotatable bonds is 4. The second-order valence-corrected chi connectivity index (χ2v) is 11.1. The smallest absolute Gasteiger partial charge is 0.238 e. The van der Waals surface area contributed by atoms with Gasteiger partial charge in [-0.15, -0.1) is 0 Å². The Balaban J connectivity index is 2.03. The lowest BCUT2D eigenvalue weighted by molar-refractivity contribution is -0.118. The Bertz CT molecular complexity index is 1420. The van der Waals surface area contributed by atoms with Gasteiger partial charge in [-0.1, -0.05) is 44.2 Å². The van der Waals surface area contributed by atoms with Crippen molar-refractivity contribution in [3.05, 3.63) is 82.8 Å². The molecule has 8 nitrogen and oxygen atoms in total. The molecule has 0 saturated carbocycles. The van der Waals surface area contributed by atoms with E-state index in [2.05, 4.69) is 11.4 Å². The first-order chi connectivity index (χ1) is 16.4. The molecule has 0 aromatic heterocycles. The number of carbonyl (C=O) groups is 2. The minimum absolute atomic E-state index is 0.0640. The number of ketones is 1. The molecule has 1 atom stereocenters. The molecule has 1 aliphatic carbocycles. The van der Waals surface area contributed by atoms with Crippen molar-refractivity contribution in [2.45, 2.75) is 44.4 Å². The number of amides is 1. The van der Waals surface area contributed by atoms with Gasteiger partial charge in [0.2, 0.25) is 15.9 Å². The Kier molecular flexibility index (Phi) is 6.13.